The SMILES string of the molecule is C=C(CCc1ccc2c(c1)[nH]c1ccncc12)NCCCCCCCCC(=C)NC(C(C)=C1CC1)C(C)(C)C.C=CSC(=C(C)C)c1ccc(C(C)NC(=O)C(C)CCCC)cc1. The number of hydrogen-bond acceptors (Lipinski definition) is 5. The number of benzene rings is 2. The van der Waals surface area contributed by atoms with E-state index in [2.05, 4.69) is 137 Å². The molecule has 1 aliphatic rings. The minimum absolute atomic E-state index is 0.0258. The van der Waals surface area contributed by atoms with Gasteiger partial charge in [0.1, 0.15) is 0 Å². The molecule has 0 aliphatic heterocycles. The van der Waals surface area contributed by atoms with Gasteiger partial charge in [-0.3, -0.25) is 9.78 Å². The number of allylic oxidation sites excluding steroid dienone is 4. The largest absolute Gasteiger partial charge is 0.389 e. The highest BCUT2D eigenvalue weighted by Crippen LogP contribution is 2.38. The zero-order valence-electron chi connectivity index (χ0n) is 40.6. The van der Waals surface area contributed by atoms with E-state index in [0.29, 0.717) is 6.04 Å². The van der Waals surface area contributed by atoms with E-state index in [4.69, 9.17) is 0 Å². The standard InChI is InChI=1S/C35H50N4.C21H31NOS/c1-25(14-15-28-16-19-30-31-24-36-22-20-32(31)39-33(30)23-28)37-21-12-10-8-7-9-11-13-26(2)38-34(35(4,5)6)27(3)29-17-18-29;1-7-9-10-16(5)21(23)22-17(6)18-11-13-19(14-12-18)20(15(3)4)24-8-2/h16,19-20,22-24,34,37-39H,1-2,7-15,17-18,21H2,3-6H3;8,11-14,16-17H,2,7,9-10H2,1,3-6H3,(H,22,23). The summed E-state index contributed by atoms with van der Waals surface area (Å²) in [7, 11) is 0. The van der Waals surface area contributed by atoms with E-state index in [1.54, 1.807) is 22.9 Å². The number of aryl methyl sites for hydroxylation is 1. The van der Waals surface area contributed by atoms with Crippen molar-refractivity contribution in [3.8, 4) is 0 Å². The smallest absolute Gasteiger partial charge is 0.223 e. The number of carbonyl (C=O) groups excluding carboxylic acids is 1. The molecule has 1 saturated carbocycles. The molecule has 2 heterocycles. The molecule has 0 saturated heterocycles. The van der Waals surface area contributed by atoms with Crippen LogP contribution in [0.15, 0.2) is 114 Å². The zero-order chi connectivity index (χ0) is 45.9. The number of carbonyl (C=O) groups is 1. The lowest BCUT2D eigenvalue weighted by molar-refractivity contribution is -0.125. The van der Waals surface area contributed by atoms with E-state index >= 15 is 0 Å². The van der Waals surface area contributed by atoms with Crippen LogP contribution in [-0.2, 0) is 11.2 Å². The predicted octanol–water partition coefficient (Wildman–Crippen LogP) is 15.4. The van der Waals surface area contributed by atoms with Gasteiger partial charge < -0.3 is 20.9 Å². The average Bonchev–Trinajstić information content (AvgIpc) is 4.05. The molecule has 0 radical (unpaired) electrons. The van der Waals surface area contributed by atoms with Gasteiger partial charge in [0, 0.05) is 63.0 Å². The van der Waals surface area contributed by atoms with Gasteiger partial charge in [-0.15, -0.1) is 0 Å². The molecule has 2 aromatic heterocycles. The summed E-state index contributed by atoms with van der Waals surface area (Å²) in [6.07, 6.45) is 20.2. The summed E-state index contributed by atoms with van der Waals surface area (Å²) in [4.78, 5) is 21.3. The van der Waals surface area contributed by atoms with Crippen LogP contribution in [0.2, 0.25) is 0 Å². The number of thioether (sulfide) groups is 1. The van der Waals surface area contributed by atoms with Crippen LogP contribution in [0.1, 0.15) is 169 Å². The third-order valence-electron chi connectivity index (χ3n) is 12.3. The lowest BCUT2D eigenvalue weighted by atomic mass is 9.82. The first-order chi connectivity index (χ1) is 30.1. The molecule has 5 rings (SSSR count). The molecule has 4 aromatic rings. The van der Waals surface area contributed by atoms with Crippen LogP contribution >= 0.6 is 11.8 Å². The predicted molar refractivity (Wildman–Crippen MR) is 277 cm³/mol. The summed E-state index contributed by atoms with van der Waals surface area (Å²) in [5.74, 6) is 0.222. The monoisotopic (exact) mass is 872 g/mol. The number of nitrogens with one attached hydrogen (secondary N) is 4. The van der Waals surface area contributed by atoms with E-state index < -0.39 is 0 Å². The summed E-state index contributed by atoms with van der Waals surface area (Å²) in [6, 6.07) is 17.6. The minimum atomic E-state index is 0.0258. The molecule has 0 spiro atoms. The molecular weight excluding hydrogens is 791 g/mol. The lowest BCUT2D eigenvalue weighted by Gasteiger charge is -2.34. The fraction of sp³-hybridized carbons (Fsp3) is 0.500. The molecule has 63 heavy (non-hydrogen) atoms. The number of aromatic amines is 1. The van der Waals surface area contributed by atoms with Gasteiger partial charge in [0.15, 0.2) is 0 Å². The summed E-state index contributed by atoms with van der Waals surface area (Å²) < 4.78 is 0. The van der Waals surface area contributed by atoms with E-state index in [-0.39, 0.29) is 23.3 Å². The Balaban J connectivity index is 0.000000312. The average molecular weight is 872 g/mol. The normalized spacial score (nSPS) is 13.6. The second-order valence-corrected chi connectivity index (χ2v) is 20.1. The molecule has 7 heteroatoms. The van der Waals surface area contributed by atoms with Gasteiger partial charge in [-0.1, -0.05) is 158 Å². The molecule has 1 amide bonds. The summed E-state index contributed by atoms with van der Waals surface area (Å²) in [6.45, 7) is 33.2. The third-order valence-corrected chi connectivity index (χ3v) is 13.3. The Hall–Kier alpha value is -4.49. The van der Waals surface area contributed by atoms with Crippen molar-refractivity contribution in [2.45, 2.75) is 164 Å². The minimum Gasteiger partial charge on any atom is -0.389 e. The van der Waals surface area contributed by atoms with Crippen molar-refractivity contribution in [3.63, 3.8) is 0 Å². The van der Waals surface area contributed by atoms with Crippen molar-refractivity contribution < 1.29 is 4.79 Å². The summed E-state index contributed by atoms with van der Waals surface area (Å²) in [5, 5.41) is 14.7. The highest BCUT2D eigenvalue weighted by Gasteiger charge is 2.30. The number of hydrogen-bond donors (Lipinski definition) is 4. The van der Waals surface area contributed by atoms with Crippen molar-refractivity contribution in [2.24, 2.45) is 11.3 Å². The third kappa shape index (κ3) is 16.9. The molecule has 3 atom stereocenters. The van der Waals surface area contributed by atoms with Gasteiger partial charge in [-0.25, -0.2) is 0 Å². The maximum atomic E-state index is 12.2. The Morgan fingerprint density at radius 1 is 0.857 bits per heavy atom. The number of rotatable bonds is 25. The van der Waals surface area contributed by atoms with Crippen molar-refractivity contribution >= 4 is 44.4 Å². The van der Waals surface area contributed by atoms with Gasteiger partial charge >= 0.3 is 0 Å². The Morgan fingerprint density at radius 3 is 2.21 bits per heavy atom. The molecular formula is C56H81N5OS. The fourth-order valence-electron chi connectivity index (χ4n) is 8.24. The number of amides is 1. The van der Waals surface area contributed by atoms with E-state index in [1.165, 1.54) is 95.0 Å². The Labute approximate surface area is 386 Å². The van der Waals surface area contributed by atoms with Crippen LogP contribution < -0.4 is 16.0 Å². The van der Waals surface area contributed by atoms with E-state index in [1.807, 2.05) is 37.7 Å². The lowest BCUT2D eigenvalue weighted by Crippen LogP contribution is -2.40. The number of fused-ring (bicyclic) bond motifs is 3. The van der Waals surface area contributed by atoms with Crippen LogP contribution in [0.3, 0.4) is 0 Å². The number of nitrogens with zero attached hydrogens (tertiary/aromatic N) is 1. The Morgan fingerprint density at radius 2 is 1.56 bits per heavy atom. The number of aromatic nitrogens is 2. The van der Waals surface area contributed by atoms with Crippen molar-refractivity contribution in [3.05, 3.63) is 131 Å². The highest BCUT2D eigenvalue weighted by atomic mass is 32.2. The van der Waals surface area contributed by atoms with Crippen molar-refractivity contribution in [2.75, 3.05) is 6.54 Å². The fourth-order valence-corrected chi connectivity index (χ4v) is 8.92. The van der Waals surface area contributed by atoms with Crippen LogP contribution in [0.5, 0.6) is 0 Å². The highest BCUT2D eigenvalue weighted by molar-refractivity contribution is 8.10. The van der Waals surface area contributed by atoms with Crippen LogP contribution in [0, 0.1) is 11.3 Å². The molecule has 4 N–H and O–H groups in total. The van der Waals surface area contributed by atoms with Gasteiger partial charge in [0.2, 0.25) is 5.91 Å². The van der Waals surface area contributed by atoms with Crippen LogP contribution in [-0.4, -0.2) is 28.5 Å². The van der Waals surface area contributed by atoms with Gasteiger partial charge in [0.25, 0.3) is 0 Å². The van der Waals surface area contributed by atoms with Crippen LogP contribution in [0.25, 0.3) is 26.7 Å². The number of unbranched alkanes of at least 4 members (excludes halogenated alkanes) is 6. The van der Waals surface area contributed by atoms with Gasteiger partial charge in [-0.05, 0) is 119 Å². The maximum Gasteiger partial charge on any atom is 0.223 e. The first kappa shape index (κ1) is 51.1. The molecule has 342 valence electrons. The first-order valence-electron chi connectivity index (χ1n) is 23.9. The molecule has 6 nitrogen and oxygen atoms in total. The van der Waals surface area contributed by atoms with Gasteiger partial charge in [0.05, 0.1) is 12.1 Å². The Bertz CT molecular complexity index is 2160. The Kier molecular flexibility index (Phi) is 20.9. The molecule has 0 bridgehead atoms. The van der Waals surface area contributed by atoms with E-state index in [9.17, 15) is 4.79 Å². The molecule has 1 fully saturated rings. The summed E-state index contributed by atoms with van der Waals surface area (Å²) in [5.41, 5.74) is 13.0. The van der Waals surface area contributed by atoms with Crippen molar-refractivity contribution in [1.82, 2.24) is 25.9 Å². The second-order valence-electron chi connectivity index (χ2n) is 19.2. The molecule has 2 aromatic carbocycles. The topological polar surface area (TPSA) is 81.8 Å². The molecule has 3 unspecified atom stereocenters. The zero-order valence-corrected chi connectivity index (χ0v) is 41.4. The van der Waals surface area contributed by atoms with Crippen LogP contribution in [0.4, 0.5) is 0 Å². The second kappa shape index (κ2) is 25.7. The molecule has 1 aliphatic carbocycles. The summed E-state index contributed by atoms with van der Waals surface area (Å²) >= 11 is 1.65. The first-order valence-corrected chi connectivity index (χ1v) is 24.7. The van der Waals surface area contributed by atoms with E-state index in [0.717, 1.165) is 61.8 Å². The quantitative estimate of drug-likeness (QED) is 0.0394. The van der Waals surface area contributed by atoms with Gasteiger partial charge in [-0.2, -0.15) is 0 Å². The number of pyridine rings is 1. The maximum absolute atomic E-state index is 12.2. The number of H-pyrrole nitrogens is 1. The van der Waals surface area contributed by atoms with Crippen molar-refractivity contribution in [1.29, 1.82) is 0 Å².